The number of hydrogen-bond acceptors (Lipinski definition) is 2. The van der Waals surface area contributed by atoms with E-state index in [2.05, 4.69) is 10.9 Å². The van der Waals surface area contributed by atoms with Gasteiger partial charge in [0.25, 0.3) is 0 Å². The maximum atomic E-state index is 9.51. The minimum Gasteiger partial charge on any atom is -0.211 e. The summed E-state index contributed by atoms with van der Waals surface area (Å²) in [6.45, 7) is 0.561. The Balaban J connectivity index is 2.93. The summed E-state index contributed by atoms with van der Waals surface area (Å²) in [5, 5.41) is 0. The minimum atomic E-state index is 0.561. The summed E-state index contributed by atoms with van der Waals surface area (Å²) in [4.78, 5) is 12.9. The maximum Gasteiger partial charge on any atom is 0.234 e. The van der Waals surface area contributed by atoms with Gasteiger partial charge in [0.1, 0.15) is 0 Å². The molecule has 0 aliphatic carbocycles. The van der Waals surface area contributed by atoms with Crippen molar-refractivity contribution in [3.63, 3.8) is 0 Å². The van der Waals surface area contributed by atoms with E-state index in [-0.39, 0.29) is 0 Å². The molecule has 2 heteroatoms. The molecule has 0 aromatic rings. The van der Waals surface area contributed by atoms with Crippen LogP contribution in [0, 0.1) is 12.3 Å². The third-order valence-corrected chi connectivity index (χ3v) is 0.906. The van der Waals surface area contributed by atoms with E-state index >= 15 is 0 Å². The van der Waals surface area contributed by atoms with Crippen molar-refractivity contribution in [1.29, 1.82) is 0 Å². The molecule has 0 fully saturated rings. The highest BCUT2D eigenvalue weighted by Crippen LogP contribution is 1.92. The van der Waals surface area contributed by atoms with Gasteiger partial charge in [-0.05, 0) is 12.8 Å². The van der Waals surface area contributed by atoms with E-state index in [4.69, 9.17) is 6.42 Å². The summed E-state index contributed by atoms with van der Waals surface area (Å²) in [5.41, 5.74) is 0. The molecule has 0 saturated carbocycles. The number of aliphatic imine (C=N–C) groups is 1. The van der Waals surface area contributed by atoms with E-state index < -0.39 is 0 Å². The molecule has 0 spiro atoms. The van der Waals surface area contributed by atoms with Gasteiger partial charge in [-0.25, -0.2) is 9.79 Å². The fraction of sp³-hybridized carbons (Fsp3) is 0.571. The van der Waals surface area contributed by atoms with E-state index in [0.29, 0.717) is 6.54 Å². The van der Waals surface area contributed by atoms with E-state index in [1.165, 1.54) is 6.08 Å². The Morgan fingerprint density at radius 1 is 1.44 bits per heavy atom. The maximum absolute atomic E-state index is 9.51. The fourth-order valence-corrected chi connectivity index (χ4v) is 0.464. The first-order valence-electron chi connectivity index (χ1n) is 2.89. The van der Waals surface area contributed by atoms with Crippen molar-refractivity contribution in [3.8, 4) is 12.3 Å². The van der Waals surface area contributed by atoms with Crippen LogP contribution < -0.4 is 0 Å². The SMILES string of the molecule is C#CCCCCN=C=O. The summed E-state index contributed by atoms with van der Waals surface area (Å²) in [7, 11) is 0. The number of nitrogens with zero attached hydrogens (tertiary/aromatic N) is 1. The van der Waals surface area contributed by atoms with Crippen LogP contribution in [0.1, 0.15) is 19.3 Å². The van der Waals surface area contributed by atoms with E-state index in [9.17, 15) is 4.79 Å². The lowest BCUT2D eigenvalue weighted by molar-refractivity contribution is 0.562. The second-order valence-corrected chi connectivity index (χ2v) is 1.63. The van der Waals surface area contributed by atoms with E-state index in [1.807, 2.05) is 0 Å². The highest BCUT2D eigenvalue weighted by molar-refractivity contribution is 5.32. The number of rotatable bonds is 4. The molecular formula is C7H9NO. The Bertz CT molecular complexity index is 139. The second-order valence-electron chi connectivity index (χ2n) is 1.63. The Morgan fingerprint density at radius 2 is 2.22 bits per heavy atom. The van der Waals surface area contributed by atoms with Gasteiger partial charge < -0.3 is 0 Å². The fourth-order valence-electron chi connectivity index (χ4n) is 0.464. The molecule has 0 atom stereocenters. The number of carbonyl (C=O) groups excluding carboxylic acids is 1. The molecule has 0 saturated heterocycles. The Hall–Kier alpha value is -1.06. The zero-order chi connectivity index (χ0) is 6.95. The van der Waals surface area contributed by atoms with Crippen molar-refractivity contribution in [2.24, 2.45) is 4.99 Å². The predicted octanol–water partition coefficient (Wildman–Crippen LogP) is 1.13. The molecule has 48 valence electrons. The van der Waals surface area contributed by atoms with Crippen LogP contribution in [0.15, 0.2) is 4.99 Å². The molecule has 0 amide bonds. The largest absolute Gasteiger partial charge is 0.234 e. The molecule has 9 heavy (non-hydrogen) atoms. The lowest BCUT2D eigenvalue weighted by atomic mass is 10.2. The number of hydrogen-bond donors (Lipinski definition) is 0. The van der Waals surface area contributed by atoms with Crippen LogP contribution in [0.5, 0.6) is 0 Å². The summed E-state index contributed by atoms with van der Waals surface area (Å²) >= 11 is 0. The molecule has 0 radical (unpaired) electrons. The molecule has 0 N–H and O–H groups in total. The average Bonchev–Trinajstić information content (AvgIpc) is 1.89. The lowest BCUT2D eigenvalue weighted by Crippen LogP contribution is -1.78. The van der Waals surface area contributed by atoms with E-state index in [1.54, 1.807) is 0 Å². The molecule has 0 bridgehead atoms. The van der Waals surface area contributed by atoms with Crippen molar-refractivity contribution >= 4 is 6.08 Å². The summed E-state index contributed by atoms with van der Waals surface area (Å²) in [6.07, 6.45) is 9.06. The second kappa shape index (κ2) is 6.94. The normalized spacial score (nSPS) is 7.44. The Morgan fingerprint density at radius 3 is 2.78 bits per heavy atom. The van der Waals surface area contributed by atoms with Crippen LogP contribution in [-0.4, -0.2) is 12.6 Å². The molecule has 0 rings (SSSR count). The van der Waals surface area contributed by atoms with Crippen LogP contribution in [0.4, 0.5) is 0 Å². The van der Waals surface area contributed by atoms with Crippen molar-refractivity contribution in [2.45, 2.75) is 19.3 Å². The average molecular weight is 123 g/mol. The zero-order valence-corrected chi connectivity index (χ0v) is 5.26. The van der Waals surface area contributed by atoms with E-state index in [0.717, 1.165) is 19.3 Å². The first kappa shape index (κ1) is 7.94. The predicted molar refractivity (Wildman–Crippen MR) is 35.7 cm³/mol. The molecule has 0 aliphatic rings. The van der Waals surface area contributed by atoms with Crippen LogP contribution in [0.3, 0.4) is 0 Å². The smallest absolute Gasteiger partial charge is 0.211 e. The number of unbranched alkanes of at least 4 members (excludes halogenated alkanes) is 2. The monoisotopic (exact) mass is 123 g/mol. The molecule has 0 aromatic carbocycles. The molecule has 0 aliphatic heterocycles. The lowest BCUT2D eigenvalue weighted by Gasteiger charge is -1.86. The Kier molecular flexibility index (Phi) is 6.12. The summed E-state index contributed by atoms with van der Waals surface area (Å²) < 4.78 is 0. The van der Waals surface area contributed by atoms with Crippen molar-refractivity contribution in [1.82, 2.24) is 0 Å². The molecular weight excluding hydrogens is 114 g/mol. The van der Waals surface area contributed by atoms with Gasteiger partial charge in [-0.15, -0.1) is 12.3 Å². The zero-order valence-electron chi connectivity index (χ0n) is 5.26. The van der Waals surface area contributed by atoms with Crippen LogP contribution in [0.25, 0.3) is 0 Å². The first-order chi connectivity index (χ1) is 4.41. The quantitative estimate of drug-likeness (QED) is 0.238. The van der Waals surface area contributed by atoms with Crippen LogP contribution >= 0.6 is 0 Å². The number of isocyanates is 1. The van der Waals surface area contributed by atoms with Gasteiger partial charge in [-0.3, -0.25) is 0 Å². The van der Waals surface area contributed by atoms with Gasteiger partial charge >= 0.3 is 0 Å². The van der Waals surface area contributed by atoms with Crippen molar-refractivity contribution < 1.29 is 4.79 Å². The first-order valence-corrected chi connectivity index (χ1v) is 2.89. The molecule has 2 nitrogen and oxygen atoms in total. The topological polar surface area (TPSA) is 29.4 Å². The van der Waals surface area contributed by atoms with Gasteiger partial charge in [0.15, 0.2) is 0 Å². The van der Waals surface area contributed by atoms with Gasteiger partial charge in [0.2, 0.25) is 6.08 Å². The van der Waals surface area contributed by atoms with Gasteiger partial charge in [-0.1, -0.05) is 0 Å². The van der Waals surface area contributed by atoms with Gasteiger partial charge in [-0.2, -0.15) is 0 Å². The Labute approximate surface area is 55.0 Å². The summed E-state index contributed by atoms with van der Waals surface area (Å²) in [5.74, 6) is 2.50. The highest BCUT2D eigenvalue weighted by atomic mass is 16.1. The third-order valence-electron chi connectivity index (χ3n) is 0.906. The van der Waals surface area contributed by atoms with Crippen LogP contribution in [0.2, 0.25) is 0 Å². The van der Waals surface area contributed by atoms with Crippen molar-refractivity contribution in [3.05, 3.63) is 0 Å². The highest BCUT2D eigenvalue weighted by Gasteiger charge is 1.81. The third kappa shape index (κ3) is 6.94. The molecule has 0 unspecified atom stereocenters. The van der Waals surface area contributed by atoms with Gasteiger partial charge in [0.05, 0.1) is 6.54 Å². The molecule has 0 aromatic heterocycles. The summed E-state index contributed by atoms with van der Waals surface area (Å²) in [6, 6.07) is 0. The minimum absolute atomic E-state index is 0.561. The van der Waals surface area contributed by atoms with Gasteiger partial charge in [0, 0.05) is 6.42 Å². The molecule has 0 heterocycles. The van der Waals surface area contributed by atoms with Crippen LogP contribution in [-0.2, 0) is 4.79 Å². The van der Waals surface area contributed by atoms with Crippen molar-refractivity contribution in [2.75, 3.05) is 6.54 Å². The number of terminal acetylenes is 1. The standard InChI is InChI=1S/C7H9NO/c1-2-3-4-5-6-8-7-9/h1H,3-6H2.